The molecule has 0 amide bonds. The van der Waals surface area contributed by atoms with E-state index in [1.54, 1.807) is 0 Å². The minimum absolute atomic E-state index is 0.301. The van der Waals surface area contributed by atoms with Crippen LogP contribution in [0.2, 0.25) is 10.0 Å². The second-order valence-electron chi connectivity index (χ2n) is 3.46. The van der Waals surface area contributed by atoms with Crippen molar-refractivity contribution in [2.45, 2.75) is 0 Å². The number of hydrogen-bond donors (Lipinski definition) is 0. The van der Waals surface area contributed by atoms with Gasteiger partial charge < -0.3 is 0 Å². The first-order valence-corrected chi connectivity index (χ1v) is 8.60. The highest BCUT2D eigenvalue weighted by Crippen LogP contribution is 2.51. The first-order valence-electron chi connectivity index (χ1n) is 4.64. The SMILES string of the molecule is O=C(Cl)c1sc2c(sc3c(Cl)c(C(=O)Cl)sc32)c1Cl. The Labute approximate surface area is 138 Å². The van der Waals surface area contributed by atoms with Gasteiger partial charge in [-0.3, -0.25) is 9.59 Å². The van der Waals surface area contributed by atoms with Gasteiger partial charge in [0.05, 0.1) is 28.8 Å². The molecule has 2 nitrogen and oxygen atoms in total. The number of carbonyl (C=O) groups is 2. The van der Waals surface area contributed by atoms with E-state index in [-0.39, 0.29) is 0 Å². The molecule has 0 aliphatic carbocycles. The molecule has 0 saturated carbocycles. The van der Waals surface area contributed by atoms with Crippen LogP contribution in [0.4, 0.5) is 0 Å². The maximum Gasteiger partial charge on any atom is 0.263 e. The van der Waals surface area contributed by atoms with E-state index in [2.05, 4.69) is 0 Å². The summed E-state index contributed by atoms with van der Waals surface area (Å²) >= 11 is 26.9. The summed E-state index contributed by atoms with van der Waals surface area (Å²) in [6, 6.07) is 0. The Bertz CT molecular complexity index is 788. The van der Waals surface area contributed by atoms with E-state index in [0.29, 0.717) is 19.8 Å². The van der Waals surface area contributed by atoms with Gasteiger partial charge in [-0.05, 0) is 23.2 Å². The summed E-state index contributed by atoms with van der Waals surface area (Å²) in [7, 11) is 0. The lowest BCUT2D eigenvalue weighted by atomic mass is 10.4. The summed E-state index contributed by atoms with van der Waals surface area (Å²) < 4.78 is 3.13. The zero-order valence-corrected chi connectivity index (χ0v) is 14.0. The number of halogens is 4. The van der Waals surface area contributed by atoms with Crippen molar-refractivity contribution in [3.8, 4) is 0 Å². The quantitative estimate of drug-likeness (QED) is 0.486. The average molecular weight is 390 g/mol. The molecule has 0 atom stereocenters. The van der Waals surface area contributed by atoms with Crippen molar-refractivity contribution in [3.05, 3.63) is 19.8 Å². The van der Waals surface area contributed by atoms with E-state index < -0.39 is 10.5 Å². The van der Waals surface area contributed by atoms with Gasteiger partial charge in [0.2, 0.25) is 0 Å². The summed E-state index contributed by atoms with van der Waals surface area (Å²) in [6.07, 6.45) is 0. The normalized spacial score (nSPS) is 11.6. The predicted octanol–water partition coefficient (Wildman–Crippen LogP) is 6.24. The van der Waals surface area contributed by atoms with E-state index in [1.165, 1.54) is 34.0 Å². The highest BCUT2D eigenvalue weighted by molar-refractivity contribution is 7.41. The third-order valence-corrected chi connectivity index (χ3v) is 8.22. The lowest BCUT2D eigenvalue weighted by Crippen LogP contribution is -1.81. The number of rotatable bonds is 2. The molecular weight excluding hydrogens is 390 g/mol. The Hall–Kier alpha value is 0.120. The first kappa shape index (κ1) is 14.1. The predicted molar refractivity (Wildman–Crippen MR) is 85.5 cm³/mol. The number of carbonyl (C=O) groups excluding carboxylic acids is 2. The molecule has 9 heteroatoms. The fourth-order valence-electron chi connectivity index (χ4n) is 1.63. The van der Waals surface area contributed by atoms with E-state index in [0.717, 1.165) is 18.8 Å². The minimum Gasteiger partial charge on any atom is -0.275 e. The Morgan fingerprint density at radius 2 is 1.05 bits per heavy atom. The third kappa shape index (κ3) is 2.03. The number of thiophene rings is 3. The van der Waals surface area contributed by atoms with Crippen LogP contribution in [-0.2, 0) is 0 Å². The first-order chi connectivity index (χ1) is 8.91. The van der Waals surface area contributed by atoms with Crippen molar-refractivity contribution in [2.75, 3.05) is 0 Å². The molecule has 3 heterocycles. The van der Waals surface area contributed by atoms with Crippen molar-refractivity contribution in [1.82, 2.24) is 0 Å². The highest BCUT2D eigenvalue weighted by atomic mass is 35.5. The van der Waals surface area contributed by atoms with Crippen LogP contribution in [0, 0.1) is 0 Å². The summed E-state index contributed by atoms with van der Waals surface area (Å²) in [4.78, 5) is 23.1. The molecule has 0 aliphatic heterocycles. The van der Waals surface area contributed by atoms with E-state index in [4.69, 9.17) is 46.4 Å². The standard InChI is InChI=1S/C10Cl4O2S3/c11-1-3-7(18-5(1)9(13)15)8-4(17-3)2(12)6(19-8)10(14)16. The van der Waals surface area contributed by atoms with E-state index in [9.17, 15) is 9.59 Å². The Morgan fingerprint density at radius 1 is 0.684 bits per heavy atom. The van der Waals surface area contributed by atoms with Crippen molar-refractivity contribution in [1.29, 1.82) is 0 Å². The fourth-order valence-corrected chi connectivity index (χ4v) is 6.80. The van der Waals surface area contributed by atoms with Crippen LogP contribution in [0.5, 0.6) is 0 Å². The molecule has 0 aromatic carbocycles. The molecule has 3 aromatic rings. The summed E-state index contributed by atoms with van der Waals surface area (Å²) in [6.45, 7) is 0. The summed E-state index contributed by atoms with van der Waals surface area (Å²) in [5.41, 5.74) is 0. The van der Waals surface area contributed by atoms with Crippen molar-refractivity contribution >= 4 is 110 Å². The minimum atomic E-state index is -0.595. The van der Waals surface area contributed by atoms with E-state index in [1.807, 2.05) is 0 Å². The molecule has 3 rings (SSSR count). The smallest absolute Gasteiger partial charge is 0.263 e. The van der Waals surface area contributed by atoms with Crippen LogP contribution in [0.1, 0.15) is 19.3 Å². The van der Waals surface area contributed by atoms with Crippen LogP contribution in [-0.4, -0.2) is 10.5 Å². The van der Waals surface area contributed by atoms with Gasteiger partial charge in [-0.1, -0.05) is 23.2 Å². The molecular formula is C10Cl4O2S3. The fraction of sp³-hybridized carbons (Fsp3) is 0. The van der Waals surface area contributed by atoms with Crippen LogP contribution in [0.25, 0.3) is 18.8 Å². The van der Waals surface area contributed by atoms with Crippen LogP contribution >= 0.6 is 80.4 Å². The topological polar surface area (TPSA) is 34.1 Å². The molecule has 0 aliphatic rings. The van der Waals surface area contributed by atoms with Crippen LogP contribution in [0.15, 0.2) is 0 Å². The Kier molecular flexibility index (Phi) is 3.59. The molecule has 19 heavy (non-hydrogen) atoms. The molecule has 0 N–H and O–H groups in total. The maximum absolute atomic E-state index is 11.2. The Balaban J connectivity index is 2.42. The lowest BCUT2D eigenvalue weighted by molar-refractivity contribution is 0.107. The van der Waals surface area contributed by atoms with Gasteiger partial charge in [0, 0.05) is 0 Å². The maximum atomic E-state index is 11.2. The van der Waals surface area contributed by atoms with Crippen LogP contribution < -0.4 is 0 Å². The zero-order valence-electron chi connectivity index (χ0n) is 8.55. The van der Waals surface area contributed by atoms with Gasteiger partial charge >= 0.3 is 0 Å². The monoisotopic (exact) mass is 388 g/mol. The molecule has 0 saturated heterocycles. The van der Waals surface area contributed by atoms with Gasteiger partial charge in [-0.25, -0.2) is 0 Å². The average Bonchev–Trinajstić information content (AvgIpc) is 2.92. The summed E-state index contributed by atoms with van der Waals surface area (Å²) in [5, 5.41) is -0.517. The largest absolute Gasteiger partial charge is 0.275 e. The Morgan fingerprint density at radius 3 is 1.37 bits per heavy atom. The summed E-state index contributed by atoms with van der Waals surface area (Å²) in [5.74, 6) is 0. The highest BCUT2D eigenvalue weighted by Gasteiger charge is 2.24. The van der Waals surface area contributed by atoms with Gasteiger partial charge in [0.1, 0.15) is 9.75 Å². The molecule has 0 unspecified atom stereocenters. The van der Waals surface area contributed by atoms with Crippen LogP contribution in [0.3, 0.4) is 0 Å². The molecule has 0 bridgehead atoms. The number of hydrogen-bond acceptors (Lipinski definition) is 5. The van der Waals surface area contributed by atoms with Crippen molar-refractivity contribution < 1.29 is 9.59 Å². The molecule has 98 valence electrons. The van der Waals surface area contributed by atoms with Crippen molar-refractivity contribution in [3.63, 3.8) is 0 Å². The third-order valence-electron chi connectivity index (χ3n) is 2.39. The van der Waals surface area contributed by atoms with Gasteiger partial charge in [-0.2, -0.15) is 0 Å². The molecule has 0 radical (unpaired) electrons. The zero-order chi connectivity index (χ0) is 13.9. The van der Waals surface area contributed by atoms with Gasteiger partial charge in [-0.15, -0.1) is 34.0 Å². The second kappa shape index (κ2) is 4.84. The number of fused-ring (bicyclic) bond motifs is 3. The molecule has 0 fully saturated rings. The molecule has 3 aromatic heterocycles. The second-order valence-corrected chi connectivity index (χ2v) is 7.96. The van der Waals surface area contributed by atoms with Crippen molar-refractivity contribution in [2.24, 2.45) is 0 Å². The van der Waals surface area contributed by atoms with Gasteiger partial charge in [0.25, 0.3) is 10.5 Å². The van der Waals surface area contributed by atoms with Gasteiger partial charge in [0.15, 0.2) is 0 Å². The lowest BCUT2D eigenvalue weighted by Gasteiger charge is -1.87. The molecule has 0 spiro atoms. The van der Waals surface area contributed by atoms with E-state index >= 15 is 0 Å².